The van der Waals surface area contributed by atoms with Crippen molar-refractivity contribution >= 4 is 23.1 Å². The molecule has 4 nitrogen and oxygen atoms in total. The van der Waals surface area contributed by atoms with Crippen LogP contribution in [0.5, 0.6) is 0 Å². The monoisotopic (exact) mass is 252 g/mol. The Balaban J connectivity index is 2.39. The van der Waals surface area contributed by atoms with Gasteiger partial charge in [0.15, 0.2) is 0 Å². The SMILES string of the molecule is CC(CCC(=S)NO)NC(=O)c1ccccc1. The van der Waals surface area contributed by atoms with Gasteiger partial charge in [-0.05, 0) is 25.5 Å². The van der Waals surface area contributed by atoms with Crippen LogP contribution in [-0.4, -0.2) is 22.1 Å². The van der Waals surface area contributed by atoms with Gasteiger partial charge in [0.05, 0.1) is 0 Å². The lowest BCUT2D eigenvalue weighted by Gasteiger charge is -2.13. The lowest BCUT2D eigenvalue weighted by atomic mass is 10.1. The smallest absolute Gasteiger partial charge is 0.251 e. The van der Waals surface area contributed by atoms with Gasteiger partial charge in [0.25, 0.3) is 5.91 Å². The molecule has 1 atom stereocenters. The predicted octanol–water partition coefficient (Wildman–Crippen LogP) is 1.89. The Morgan fingerprint density at radius 2 is 2.06 bits per heavy atom. The molecule has 0 fully saturated rings. The zero-order valence-electron chi connectivity index (χ0n) is 9.64. The van der Waals surface area contributed by atoms with Crippen molar-refractivity contribution in [2.75, 3.05) is 0 Å². The summed E-state index contributed by atoms with van der Waals surface area (Å²) in [5.74, 6) is -0.0963. The highest BCUT2D eigenvalue weighted by Gasteiger charge is 2.09. The number of carbonyl (C=O) groups excluding carboxylic acids is 1. The molecule has 92 valence electrons. The molecule has 0 heterocycles. The van der Waals surface area contributed by atoms with Gasteiger partial charge in [0, 0.05) is 18.0 Å². The summed E-state index contributed by atoms with van der Waals surface area (Å²) in [5.41, 5.74) is 2.56. The number of hydrogen-bond acceptors (Lipinski definition) is 3. The average Bonchev–Trinajstić information content (AvgIpc) is 2.36. The number of nitrogens with one attached hydrogen (secondary N) is 2. The molecule has 17 heavy (non-hydrogen) atoms. The fourth-order valence-electron chi connectivity index (χ4n) is 1.37. The highest BCUT2D eigenvalue weighted by atomic mass is 32.1. The third-order valence-electron chi connectivity index (χ3n) is 2.34. The minimum atomic E-state index is -0.0963. The van der Waals surface area contributed by atoms with Gasteiger partial charge >= 0.3 is 0 Å². The first-order valence-corrected chi connectivity index (χ1v) is 5.83. The Morgan fingerprint density at radius 3 is 2.65 bits per heavy atom. The fraction of sp³-hybridized carbons (Fsp3) is 0.333. The Bertz CT molecular complexity index is 381. The maximum Gasteiger partial charge on any atom is 0.251 e. The second kappa shape index (κ2) is 6.98. The second-order valence-electron chi connectivity index (χ2n) is 3.81. The van der Waals surface area contributed by atoms with Crippen molar-refractivity contribution in [1.29, 1.82) is 0 Å². The molecular weight excluding hydrogens is 236 g/mol. The molecule has 0 aliphatic heterocycles. The Hall–Kier alpha value is -1.46. The highest BCUT2D eigenvalue weighted by Crippen LogP contribution is 2.02. The summed E-state index contributed by atoms with van der Waals surface area (Å²) < 4.78 is 0. The molecule has 0 radical (unpaired) electrons. The normalized spacial score (nSPS) is 11.6. The van der Waals surface area contributed by atoms with Gasteiger partial charge in [0.2, 0.25) is 0 Å². The molecule has 1 unspecified atom stereocenters. The van der Waals surface area contributed by atoms with E-state index in [0.717, 1.165) is 0 Å². The molecular formula is C12H16N2O2S. The van der Waals surface area contributed by atoms with Crippen LogP contribution in [0.2, 0.25) is 0 Å². The standard InChI is InChI=1S/C12H16N2O2S/c1-9(7-8-11(17)14-16)13-12(15)10-5-3-2-4-6-10/h2-6,9,16H,7-8H2,1H3,(H,13,15)(H,14,17). The molecule has 0 aliphatic carbocycles. The van der Waals surface area contributed by atoms with Crippen LogP contribution in [0.25, 0.3) is 0 Å². The van der Waals surface area contributed by atoms with Crippen molar-refractivity contribution in [3.05, 3.63) is 35.9 Å². The molecule has 5 heteroatoms. The van der Waals surface area contributed by atoms with Crippen molar-refractivity contribution in [2.45, 2.75) is 25.8 Å². The van der Waals surface area contributed by atoms with Gasteiger partial charge in [-0.2, -0.15) is 0 Å². The summed E-state index contributed by atoms with van der Waals surface area (Å²) in [7, 11) is 0. The van der Waals surface area contributed by atoms with Crippen LogP contribution in [0.15, 0.2) is 30.3 Å². The van der Waals surface area contributed by atoms with Gasteiger partial charge in [-0.15, -0.1) is 0 Å². The maximum absolute atomic E-state index is 11.8. The third-order valence-corrected chi connectivity index (χ3v) is 2.64. The molecule has 1 rings (SSSR count). The molecule has 1 amide bonds. The summed E-state index contributed by atoms with van der Waals surface area (Å²) in [5, 5.41) is 11.4. The van der Waals surface area contributed by atoms with E-state index in [0.29, 0.717) is 23.4 Å². The lowest BCUT2D eigenvalue weighted by Crippen LogP contribution is -2.33. The molecule has 1 aromatic rings. The highest BCUT2D eigenvalue weighted by molar-refractivity contribution is 7.80. The van der Waals surface area contributed by atoms with Crippen LogP contribution >= 0.6 is 12.2 Å². The second-order valence-corrected chi connectivity index (χ2v) is 4.31. The third kappa shape index (κ3) is 4.93. The Kier molecular flexibility index (Phi) is 5.59. The zero-order chi connectivity index (χ0) is 12.7. The van der Waals surface area contributed by atoms with Crippen molar-refractivity contribution < 1.29 is 10.0 Å². The summed E-state index contributed by atoms with van der Waals surface area (Å²) in [6.45, 7) is 1.90. The Labute approximate surface area is 106 Å². The van der Waals surface area contributed by atoms with Crippen molar-refractivity contribution in [2.24, 2.45) is 0 Å². The molecule has 0 aliphatic rings. The molecule has 0 bridgehead atoms. The maximum atomic E-state index is 11.8. The van der Waals surface area contributed by atoms with E-state index in [-0.39, 0.29) is 11.9 Å². The Morgan fingerprint density at radius 1 is 1.41 bits per heavy atom. The van der Waals surface area contributed by atoms with Gasteiger partial charge in [-0.1, -0.05) is 30.4 Å². The van der Waals surface area contributed by atoms with Crippen LogP contribution in [0.3, 0.4) is 0 Å². The first-order valence-electron chi connectivity index (χ1n) is 5.42. The minimum absolute atomic E-state index is 0.00834. The van der Waals surface area contributed by atoms with E-state index in [9.17, 15) is 4.79 Å². The van der Waals surface area contributed by atoms with Gasteiger partial charge in [-0.25, -0.2) is 0 Å². The summed E-state index contributed by atoms with van der Waals surface area (Å²) in [4.78, 5) is 12.1. The van der Waals surface area contributed by atoms with Crippen molar-refractivity contribution in [1.82, 2.24) is 10.8 Å². The minimum Gasteiger partial charge on any atom is -0.350 e. The number of hydroxylamine groups is 1. The van der Waals surface area contributed by atoms with Crippen molar-refractivity contribution in [3.63, 3.8) is 0 Å². The number of thiocarbonyl (C=S) groups is 1. The molecule has 0 aromatic heterocycles. The lowest BCUT2D eigenvalue weighted by molar-refractivity contribution is 0.0938. The van der Waals surface area contributed by atoms with E-state index in [1.54, 1.807) is 12.1 Å². The van der Waals surface area contributed by atoms with E-state index in [2.05, 4.69) is 5.32 Å². The molecule has 1 aromatic carbocycles. The molecule has 3 N–H and O–H groups in total. The van der Waals surface area contributed by atoms with Crippen LogP contribution in [0.1, 0.15) is 30.1 Å². The van der Waals surface area contributed by atoms with E-state index >= 15 is 0 Å². The summed E-state index contributed by atoms with van der Waals surface area (Å²) in [6.07, 6.45) is 1.23. The van der Waals surface area contributed by atoms with E-state index < -0.39 is 0 Å². The van der Waals surface area contributed by atoms with Gasteiger partial charge in [-0.3, -0.25) is 15.5 Å². The number of benzene rings is 1. The summed E-state index contributed by atoms with van der Waals surface area (Å²) >= 11 is 4.81. The largest absolute Gasteiger partial charge is 0.350 e. The van der Waals surface area contributed by atoms with Gasteiger partial charge in [0.1, 0.15) is 4.99 Å². The van der Waals surface area contributed by atoms with E-state index in [1.807, 2.05) is 30.6 Å². The van der Waals surface area contributed by atoms with Crippen molar-refractivity contribution in [3.8, 4) is 0 Å². The predicted molar refractivity (Wildman–Crippen MR) is 70.1 cm³/mol. The summed E-state index contributed by atoms with van der Waals surface area (Å²) in [6, 6.07) is 9.05. The topological polar surface area (TPSA) is 61.4 Å². The van der Waals surface area contributed by atoms with E-state index in [1.165, 1.54) is 0 Å². The first-order chi connectivity index (χ1) is 8.13. The number of amides is 1. The first kappa shape index (κ1) is 13.6. The number of hydrogen-bond donors (Lipinski definition) is 3. The van der Waals surface area contributed by atoms with Crippen LogP contribution in [0, 0.1) is 0 Å². The zero-order valence-corrected chi connectivity index (χ0v) is 10.5. The van der Waals surface area contributed by atoms with Crippen LogP contribution in [-0.2, 0) is 0 Å². The molecule has 0 saturated carbocycles. The fourth-order valence-corrected chi connectivity index (χ4v) is 1.49. The van der Waals surface area contributed by atoms with Gasteiger partial charge < -0.3 is 5.32 Å². The molecule has 0 spiro atoms. The van der Waals surface area contributed by atoms with Crippen LogP contribution < -0.4 is 10.8 Å². The quantitative estimate of drug-likeness (QED) is 0.553. The average molecular weight is 252 g/mol. The molecule has 0 saturated heterocycles. The number of rotatable bonds is 5. The van der Waals surface area contributed by atoms with Crippen LogP contribution in [0.4, 0.5) is 0 Å². The van der Waals surface area contributed by atoms with E-state index in [4.69, 9.17) is 17.4 Å². The number of carbonyl (C=O) groups is 1.